The molecule has 2 N–H and O–H groups in total. The lowest BCUT2D eigenvalue weighted by Crippen LogP contribution is -2.46. The lowest BCUT2D eigenvalue weighted by molar-refractivity contribution is -0.121. The Morgan fingerprint density at radius 2 is 2.15 bits per heavy atom. The maximum atomic E-state index is 13.0. The highest BCUT2D eigenvalue weighted by atomic mass is 32.2. The summed E-state index contributed by atoms with van der Waals surface area (Å²) in [4.78, 5) is 12.4. The minimum absolute atomic E-state index is 0.0940. The van der Waals surface area contributed by atoms with E-state index >= 15 is 0 Å². The second-order valence-electron chi connectivity index (χ2n) is 6.79. The molecule has 1 aromatic carbocycles. The number of nitrogens with one attached hydrogen (secondary N) is 2. The normalized spacial score (nSPS) is 21.6. The summed E-state index contributed by atoms with van der Waals surface area (Å²) in [5.74, 6) is 0.172. The Morgan fingerprint density at radius 3 is 2.81 bits per heavy atom. The van der Waals surface area contributed by atoms with Gasteiger partial charge >= 0.3 is 0 Å². The van der Waals surface area contributed by atoms with Crippen LogP contribution in [0.1, 0.15) is 18.4 Å². The van der Waals surface area contributed by atoms with Gasteiger partial charge < -0.3 is 20.1 Å². The van der Waals surface area contributed by atoms with Crippen LogP contribution in [0.3, 0.4) is 0 Å². The first-order valence-corrected chi connectivity index (χ1v) is 10.7. The summed E-state index contributed by atoms with van der Waals surface area (Å²) in [6.45, 7) is 3.12. The first-order valence-electron chi connectivity index (χ1n) is 9.25. The molecule has 0 spiro atoms. The van der Waals surface area contributed by atoms with Crippen LogP contribution in [0, 0.1) is 0 Å². The van der Waals surface area contributed by atoms with Crippen molar-refractivity contribution in [3.8, 4) is 5.75 Å². The Bertz CT molecular complexity index is 756. The Morgan fingerprint density at radius 1 is 1.37 bits per heavy atom. The van der Waals surface area contributed by atoms with Crippen LogP contribution in [-0.4, -0.2) is 71.2 Å². The van der Waals surface area contributed by atoms with Crippen molar-refractivity contribution in [3.63, 3.8) is 0 Å². The monoisotopic (exact) mass is 397 g/mol. The molecule has 2 saturated heterocycles. The molecule has 2 aliphatic heterocycles. The number of nitrogens with zero attached hydrogens (tertiary/aromatic N) is 1. The zero-order valence-electron chi connectivity index (χ0n) is 15.6. The van der Waals surface area contributed by atoms with Crippen LogP contribution in [0.5, 0.6) is 5.75 Å². The van der Waals surface area contributed by atoms with Gasteiger partial charge in [-0.05, 0) is 37.1 Å². The average Bonchev–Trinajstić information content (AvgIpc) is 2.69. The smallest absolute Gasteiger partial charge is 0.246 e. The van der Waals surface area contributed by atoms with E-state index < -0.39 is 10.0 Å². The van der Waals surface area contributed by atoms with Gasteiger partial charge in [-0.3, -0.25) is 4.79 Å². The summed E-state index contributed by atoms with van der Waals surface area (Å²) >= 11 is 0. The standard InChI is InChI=1S/C18H27N3O5S/c1-25-16-5-4-14(12-18(22)20-15-3-2-6-19-13-15)11-17(16)27(23,24)21-7-9-26-10-8-21/h4-5,11,15,19H,2-3,6-10,12-13H2,1H3,(H,20,22). The van der Waals surface area contributed by atoms with E-state index in [1.807, 2.05) is 0 Å². The Labute approximate surface area is 160 Å². The summed E-state index contributed by atoms with van der Waals surface area (Å²) < 4.78 is 37.9. The van der Waals surface area contributed by atoms with E-state index in [1.54, 1.807) is 18.2 Å². The third-order valence-corrected chi connectivity index (χ3v) is 6.76. The summed E-state index contributed by atoms with van der Waals surface area (Å²) in [5, 5.41) is 6.27. The minimum Gasteiger partial charge on any atom is -0.495 e. The SMILES string of the molecule is COc1ccc(CC(=O)NC2CCCNC2)cc1S(=O)(=O)N1CCOCC1. The van der Waals surface area contributed by atoms with E-state index in [2.05, 4.69) is 10.6 Å². The highest BCUT2D eigenvalue weighted by Gasteiger charge is 2.29. The molecule has 3 rings (SSSR count). The number of carbonyl (C=O) groups is 1. The summed E-state index contributed by atoms with van der Waals surface area (Å²) in [6.07, 6.45) is 2.12. The van der Waals surface area contributed by atoms with Crippen LogP contribution in [0.15, 0.2) is 23.1 Å². The fourth-order valence-corrected chi connectivity index (χ4v) is 5.01. The van der Waals surface area contributed by atoms with Crippen molar-refractivity contribution in [2.24, 2.45) is 0 Å². The van der Waals surface area contributed by atoms with E-state index in [9.17, 15) is 13.2 Å². The lowest BCUT2D eigenvalue weighted by Gasteiger charge is -2.27. The number of amides is 1. The van der Waals surface area contributed by atoms with Crippen molar-refractivity contribution in [3.05, 3.63) is 23.8 Å². The van der Waals surface area contributed by atoms with Crippen LogP contribution < -0.4 is 15.4 Å². The van der Waals surface area contributed by atoms with Crippen molar-refractivity contribution in [2.45, 2.75) is 30.2 Å². The van der Waals surface area contributed by atoms with E-state index in [0.717, 1.165) is 25.9 Å². The predicted molar refractivity (Wildman–Crippen MR) is 100 cm³/mol. The molecule has 2 fully saturated rings. The molecule has 0 bridgehead atoms. The molecule has 9 heteroatoms. The summed E-state index contributed by atoms with van der Waals surface area (Å²) in [7, 11) is -2.26. The molecule has 1 atom stereocenters. The van der Waals surface area contributed by atoms with Crippen LogP contribution in [0.25, 0.3) is 0 Å². The van der Waals surface area contributed by atoms with Crippen molar-refractivity contribution in [1.29, 1.82) is 0 Å². The van der Waals surface area contributed by atoms with E-state index in [1.165, 1.54) is 11.4 Å². The quantitative estimate of drug-likeness (QED) is 0.708. The first-order chi connectivity index (χ1) is 13.0. The van der Waals surface area contributed by atoms with Crippen molar-refractivity contribution in [1.82, 2.24) is 14.9 Å². The molecule has 2 aliphatic rings. The van der Waals surface area contributed by atoms with Gasteiger partial charge in [-0.15, -0.1) is 0 Å². The van der Waals surface area contributed by atoms with Gasteiger partial charge in [-0.1, -0.05) is 6.07 Å². The molecule has 0 aromatic heterocycles. The van der Waals surface area contributed by atoms with Crippen LogP contribution in [-0.2, 0) is 26.0 Å². The third kappa shape index (κ3) is 4.98. The second-order valence-corrected chi connectivity index (χ2v) is 8.70. The topological polar surface area (TPSA) is 97.0 Å². The first kappa shape index (κ1) is 20.1. The van der Waals surface area contributed by atoms with Gasteiger partial charge in [-0.2, -0.15) is 4.31 Å². The predicted octanol–water partition coefficient (Wildman–Crippen LogP) is 0.127. The van der Waals surface area contributed by atoms with Gasteiger partial charge in [0.2, 0.25) is 15.9 Å². The molecule has 0 aliphatic carbocycles. The highest BCUT2D eigenvalue weighted by Crippen LogP contribution is 2.28. The number of morpholine rings is 1. The second kappa shape index (κ2) is 9.01. The average molecular weight is 397 g/mol. The maximum Gasteiger partial charge on any atom is 0.246 e. The molecule has 2 heterocycles. The fourth-order valence-electron chi connectivity index (χ4n) is 3.40. The van der Waals surface area contributed by atoms with Crippen LogP contribution >= 0.6 is 0 Å². The zero-order valence-corrected chi connectivity index (χ0v) is 16.4. The molecular formula is C18H27N3O5S. The number of hydrogen-bond donors (Lipinski definition) is 2. The molecule has 0 radical (unpaired) electrons. The number of hydrogen-bond acceptors (Lipinski definition) is 6. The molecule has 0 saturated carbocycles. The van der Waals surface area contributed by atoms with Gasteiger partial charge in [0, 0.05) is 25.7 Å². The van der Waals surface area contributed by atoms with Crippen molar-refractivity contribution < 1.29 is 22.7 Å². The third-order valence-electron chi connectivity index (χ3n) is 4.84. The Balaban J connectivity index is 1.75. The van der Waals surface area contributed by atoms with Gasteiger partial charge in [0.25, 0.3) is 0 Å². The van der Waals surface area contributed by atoms with Crippen LogP contribution in [0.4, 0.5) is 0 Å². The van der Waals surface area contributed by atoms with Crippen LogP contribution in [0.2, 0.25) is 0 Å². The lowest BCUT2D eigenvalue weighted by atomic mass is 10.1. The number of rotatable bonds is 6. The molecule has 1 amide bonds. The molecule has 1 aromatic rings. The van der Waals surface area contributed by atoms with Gasteiger partial charge in [0.1, 0.15) is 10.6 Å². The molecule has 8 nitrogen and oxygen atoms in total. The molecule has 27 heavy (non-hydrogen) atoms. The summed E-state index contributed by atoms with van der Waals surface area (Å²) in [5.41, 5.74) is 0.643. The number of benzene rings is 1. The number of sulfonamides is 1. The fraction of sp³-hybridized carbons (Fsp3) is 0.611. The minimum atomic E-state index is -3.70. The van der Waals surface area contributed by atoms with E-state index in [-0.39, 0.29) is 29.0 Å². The maximum absolute atomic E-state index is 13.0. The number of carbonyl (C=O) groups excluding carboxylic acids is 1. The molecule has 150 valence electrons. The van der Waals surface area contributed by atoms with Crippen molar-refractivity contribution >= 4 is 15.9 Å². The van der Waals surface area contributed by atoms with Gasteiger partial charge in [-0.25, -0.2) is 8.42 Å². The molecular weight excluding hydrogens is 370 g/mol. The highest BCUT2D eigenvalue weighted by molar-refractivity contribution is 7.89. The number of ether oxygens (including phenoxy) is 2. The largest absolute Gasteiger partial charge is 0.495 e. The summed E-state index contributed by atoms with van der Waals surface area (Å²) in [6, 6.07) is 5.01. The van der Waals surface area contributed by atoms with Crippen molar-refractivity contribution in [2.75, 3.05) is 46.5 Å². The van der Waals surface area contributed by atoms with Gasteiger partial charge in [0.05, 0.1) is 26.7 Å². The zero-order chi connectivity index (χ0) is 19.3. The Hall–Kier alpha value is -1.68. The van der Waals surface area contributed by atoms with E-state index in [0.29, 0.717) is 31.9 Å². The number of methoxy groups -OCH3 is 1. The number of piperidine rings is 1. The molecule has 1 unspecified atom stereocenters. The Kier molecular flexibility index (Phi) is 6.69. The van der Waals surface area contributed by atoms with E-state index in [4.69, 9.17) is 9.47 Å². The van der Waals surface area contributed by atoms with Gasteiger partial charge in [0.15, 0.2) is 0 Å².